The third kappa shape index (κ3) is 6.34. The number of methoxy groups -OCH3 is 2. The fraction of sp³-hybridized carbons (Fsp3) is 0.250. The smallest absolute Gasteiger partial charge is 0.343 e. The summed E-state index contributed by atoms with van der Waals surface area (Å²) in [4.78, 5) is 50.2. The molecule has 0 atom stereocenters. The van der Waals surface area contributed by atoms with E-state index in [1.54, 1.807) is 38.1 Å². The molecule has 0 aliphatic carbocycles. The number of carbonyl (C=O) groups excluding carboxylic acids is 4. The number of hydrogen-bond donors (Lipinski definition) is 0. The summed E-state index contributed by atoms with van der Waals surface area (Å²) in [5.74, 6) is -1.25. The van der Waals surface area contributed by atoms with Crippen LogP contribution in [-0.2, 0) is 14.3 Å². The van der Waals surface area contributed by atoms with E-state index in [2.05, 4.69) is 0 Å². The van der Waals surface area contributed by atoms with E-state index in [9.17, 15) is 19.2 Å². The molecule has 0 aromatic heterocycles. The zero-order valence-corrected chi connectivity index (χ0v) is 20.9. The van der Waals surface area contributed by atoms with E-state index in [1.165, 1.54) is 32.4 Å². The van der Waals surface area contributed by atoms with Crippen molar-refractivity contribution in [2.75, 3.05) is 20.8 Å². The van der Waals surface area contributed by atoms with Gasteiger partial charge in [-0.2, -0.15) is 0 Å². The Morgan fingerprint density at radius 3 is 2.37 bits per heavy atom. The predicted molar refractivity (Wildman–Crippen MR) is 130 cm³/mol. The molecule has 1 heterocycles. The Morgan fingerprint density at radius 2 is 1.77 bits per heavy atom. The molecule has 0 bridgehead atoms. The Balaban J connectivity index is 1.80. The first-order valence-corrected chi connectivity index (χ1v) is 11.5. The first-order chi connectivity index (χ1) is 16.6. The Hall–Kier alpha value is -3.50. The zero-order chi connectivity index (χ0) is 25.7. The molecular formula is C24H22ClNO8S. The van der Waals surface area contributed by atoms with Crippen molar-refractivity contribution in [3.63, 3.8) is 0 Å². The molecule has 9 nitrogen and oxygen atoms in total. The lowest BCUT2D eigenvalue weighted by molar-refractivity contribution is -0.149. The Morgan fingerprint density at radius 1 is 1.09 bits per heavy atom. The summed E-state index contributed by atoms with van der Waals surface area (Å²) in [6.45, 7) is 2.85. The van der Waals surface area contributed by atoms with Crippen molar-refractivity contribution in [3.8, 4) is 17.2 Å². The molecule has 1 saturated heterocycles. The van der Waals surface area contributed by atoms with Crippen LogP contribution in [-0.4, -0.2) is 54.9 Å². The Bertz CT molecular complexity index is 1190. The SMILES string of the molecule is COc1ccc(C(=O)Oc2c(Cl)cc(/C=C3\SC(=O)N(CC(=O)OC(C)C)C3=O)cc2OC)cc1. The maximum Gasteiger partial charge on any atom is 0.343 e. The third-order valence-corrected chi connectivity index (χ3v) is 5.79. The minimum absolute atomic E-state index is 0.00308. The van der Waals surface area contributed by atoms with Gasteiger partial charge in [0.1, 0.15) is 12.3 Å². The van der Waals surface area contributed by atoms with Crippen LogP contribution in [0.5, 0.6) is 17.2 Å². The number of hydrogen-bond acceptors (Lipinski definition) is 9. The number of imide groups is 1. The highest BCUT2D eigenvalue weighted by molar-refractivity contribution is 8.18. The van der Waals surface area contributed by atoms with Crippen molar-refractivity contribution in [3.05, 3.63) is 57.5 Å². The number of esters is 2. The summed E-state index contributed by atoms with van der Waals surface area (Å²) in [7, 11) is 2.88. The molecule has 1 aliphatic heterocycles. The molecule has 3 rings (SSSR count). The van der Waals surface area contributed by atoms with Crippen LogP contribution in [0.25, 0.3) is 6.08 Å². The number of carbonyl (C=O) groups is 4. The summed E-state index contributed by atoms with van der Waals surface area (Å²) in [5, 5.41) is -0.540. The lowest BCUT2D eigenvalue weighted by Crippen LogP contribution is -2.35. The maximum atomic E-state index is 12.7. The molecule has 184 valence electrons. The lowest BCUT2D eigenvalue weighted by Gasteiger charge is -2.13. The fourth-order valence-corrected chi connectivity index (χ4v) is 4.11. The monoisotopic (exact) mass is 519 g/mol. The van der Waals surface area contributed by atoms with E-state index in [-0.39, 0.29) is 33.1 Å². The van der Waals surface area contributed by atoms with Crippen molar-refractivity contribution >= 4 is 52.5 Å². The van der Waals surface area contributed by atoms with Gasteiger partial charge < -0.3 is 18.9 Å². The van der Waals surface area contributed by atoms with Gasteiger partial charge >= 0.3 is 11.9 Å². The van der Waals surface area contributed by atoms with Crippen LogP contribution in [0.15, 0.2) is 41.3 Å². The molecule has 35 heavy (non-hydrogen) atoms. The van der Waals surface area contributed by atoms with E-state index in [0.717, 1.165) is 4.90 Å². The highest BCUT2D eigenvalue weighted by atomic mass is 35.5. The van der Waals surface area contributed by atoms with Gasteiger partial charge in [0.2, 0.25) is 0 Å². The molecule has 1 fully saturated rings. The van der Waals surface area contributed by atoms with Crippen LogP contribution >= 0.6 is 23.4 Å². The average molecular weight is 520 g/mol. The molecule has 11 heteroatoms. The van der Waals surface area contributed by atoms with Crippen LogP contribution in [0.1, 0.15) is 29.8 Å². The molecule has 2 aromatic rings. The summed E-state index contributed by atoms with van der Waals surface area (Å²) >= 11 is 7.04. The minimum Gasteiger partial charge on any atom is -0.497 e. The standard InChI is InChI=1S/C24H22ClNO8S/c1-13(2)33-20(27)12-26-22(28)19(35-24(26)30)11-14-9-17(25)21(18(10-14)32-4)34-23(29)15-5-7-16(31-3)8-6-15/h5-11,13H,12H2,1-4H3/b19-11-. The average Bonchev–Trinajstić information content (AvgIpc) is 3.07. The summed E-state index contributed by atoms with van der Waals surface area (Å²) < 4.78 is 20.8. The number of benzene rings is 2. The van der Waals surface area contributed by atoms with Gasteiger partial charge in [-0.25, -0.2) is 4.79 Å². The summed E-state index contributed by atoms with van der Waals surface area (Å²) in [5.41, 5.74) is 0.698. The molecule has 0 spiro atoms. The third-order valence-electron chi connectivity index (χ3n) is 4.60. The molecule has 2 amide bonds. The molecule has 2 aromatic carbocycles. The van der Waals surface area contributed by atoms with E-state index >= 15 is 0 Å². The molecular weight excluding hydrogens is 498 g/mol. The van der Waals surface area contributed by atoms with E-state index < -0.39 is 29.6 Å². The molecule has 0 N–H and O–H groups in total. The van der Waals surface area contributed by atoms with Crippen LogP contribution in [0.2, 0.25) is 5.02 Å². The van der Waals surface area contributed by atoms with Gasteiger partial charge in [-0.05, 0) is 73.6 Å². The van der Waals surface area contributed by atoms with E-state index in [0.29, 0.717) is 23.1 Å². The summed E-state index contributed by atoms with van der Waals surface area (Å²) in [6.07, 6.45) is 1.06. The van der Waals surface area contributed by atoms with Crippen molar-refractivity contribution < 1.29 is 38.1 Å². The number of ether oxygens (including phenoxy) is 4. The largest absolute Gasteiger partial charge is 0.497 e. The second-order valence-corrected chi connectivity index (χ2v) is 8.86. The van der Waals surface area contributed by atoms with Crippen molar-refractivity contribution in [1.29, 1.82) is 0 Å². The molecule has 0 saturated carbocycles. The normalized spacial score (nSPS) is 14.5. The highest BCUT2D eigenvalue weighted by Crippen LogP contribution is 2.39. The quantitative estimate of drug-likeness (QED) is 0.281. The van der Waals surface area contributed by atoms with Crippen molar-refractivity contribution in [2.45, 2.75) is 20.0 Å². The van der Waals surface area contributed by atoms with Gasteiger partial charge in [0.25, 0.3) is 11.1 Å². The minimum atomic E-state index is -0.684. The number of thioether (sulfide) groups is 1. The van der Waals surface area contributed by atoms with Gasteiger partial charge in [-0.1, -0.05) is 11.6 Å². The predicted octanol–water partition coefficient (Wildman–Crippen LogP) is 4.56. The highest BCUT2D eigenvalue weighted by Gasteiger charge is 2.37. The fourth-order valence-electron chi connectivity index (χ4n) is 3.02. The van der Waals surface area contributed by atoms with Crippen molar-refractivity contribution in [1.82, 2.24) is 4.90 Å². The summed E-state index contributed by atoms with van der Waals surface area (Å²) in [6, 6.07) is 9.29. The Labute approximate surface area is 210 Å². The number of nitrogens with zero attached hydrogens (tertiary/aromatic N) is 1. The van der Waals surface area contributed by atoms with Crippen LogP contribution in [0, 0.1) is 0 Å². The van der Waals surface area contributed by atoms with Crippen LogP contribution < -0.4 is 14.2 Å². The maximum absolute atomic E-state index is 12.7. The molecule has 1 aliphatic rings. The van der Waals surface area contributed by atoms with Gasteiger partial charge in [-0.15, -0.1) is 0 Å². The van der Waals surface area contributed by atoms with E-state index in [1.807, 2.05) is 0 Å². The lowest BCUT2D eigenvalue weighted by atomic mass is 10.1. The second kappa shape index (κ2) is 11.3. The first-order valence-electron chi connectivity index (χ1n) is 10.3. The van der Waals surface area contributed by atoms with Crippen LogP contribution in [0.4, 0.5) is 4.79 Å². The molecule has 0 unspecified atom stereocenters. The number of halogens is 1. The van der Waals surface area contributed by atoms with Gasteiger partial charge in [0.05, 0.1) is 35.8 Å². The zero-order valence-electron chi connectivity index (χ0n) is 19.3. The van der Waals surface area contributed by atoms with E-state index in [4.69, 9.17) is 30.5 Å². The molecule has 0 radical (unpaired) electrons. The number of rotatable bonds is 8. The van der Waals surface area contributed by atoms with Crippen molar-refractivity contribution in [2.24, 2.45) is 0 Å². The van der Waals surface area contributed by atoms with Gasteiger partial charge in [-0.3, -0.25) is 19.3 Å². The van der Waals surface area contributed by atoms with Gasteiger partial charge in [0.15, 0.2) is 11.5 Å². The topological polar surface area (TPSA) is 108 Å². The second-order valence-electron chi connectivity index (χ2n) is 7.46. The first kappa shape index (κ1) is 26.1. The Kier molecular flexibility index (Phi) is 8.42. The van der Waals surface area contributed by atoms with Gasteiger partial charge in [0, 0.05) is 0 Å². The van der Waals surface area contributed by atoms with Crippen LogP contribution in [0.3, 0.4) is 0 Å². The number of amides is 2.